The van der Waals surface area contributed by atoms with Gasteiger partial charge in [-0.15, -0.1) is 0 Å². The second-order valence-electron chi connectivity index (χ2n) is 5.06. The number of halogens is 1. The molecule has 1 N–H and O–H groups in total. The van der Waals surface area contributed by atoms with Crippen LogP contribution in [0.3, 0.4) is 0 Å². The Labute approximate surface area is 153 Å². The van der Waals surface area contributed by atoms with Crippen molar-refractivity contribution in [2.24, 2.45) is 5.10 Å². The first-order chi connectivity index (χ1) is 12.6. The van der Waals surface area contributed by atoms with Crippen LogP contribution >= 0.6 is 11.6 Å². The van der Waals surface area contributed by atoms with Crippen molar-refractivity contribution in [1.29, 1.82) is 0 Å². The SMILES string of the molecule is COC(=O)c1ccc(-c2ccc(/C=N/NC(=O)c3ccco3)o2)cc1Cl. The van der Waals surface area contributed by atoms with Gasteiger partial charge >= 0.3 is 11.9 Å². The van der Waals surface area contributed by atoms with Gasteiger partial charge in [-0.05, 0) is 36.4 Å². The number of hydrogen-bond donors (Lipinski definition) is 1. The summed E-state index contributed by atoms with van der Waals surface area (Å²) in [5.41, 5.74) is 3.27. The summed E-state index contributed by atoms with van der Waals surface area (Å²) in [4.78, 5) is 23.2. The number of esters is 1. The highest BCUT2D eigenvalue weighted by Gasteiger charge is 2.13. The van der Waals surface area contributed by atoms with Crippen LogP contribution in [-0.2, 0) is 4.74 Å². The minimum Gasteiger partial charge on any atom is -0.465 e. The average Bonchev–Trinajstić information content (AvgIpc) is 3.33. The number of methoxy groups -OCH3 is 1. The smallest absolute Gasteiger partial charge is 0.339 e. The lowest BCUT2D eigenvalue weighted by molar-refractivity contribution is 0.0600. The summed E-state index contributed by atoms with van der Waals surface area (Å²) >= 11 is 6.10. The summed E-state index contributed by atoms with van der Waals surface area (Å²) in [7, 11) is 1.29. The molecule has 2 heterocycles. The molecular formula is C18H13ClN2O5. The van der Waals surface area contributed by atoms with Crippen molar-refractivity contribution in [2.75, 3.05) is 7.11 Å². The van der Waals surface area contributed by atoms with Gasteiger partial charge in [0.15, 0.2) is 5.76 Å². The van der Waals surface area contributed by atoms with E-state index >= 15 is 0 Å². The first-order valence-electron chi connectivity index (χ1n) is 7.43. The van der Waals surface area contributed by atoms with Gasteiger partial charge < -0.3 is 13.6 Å². The maximum absolute atomic E-state index is 11.7. The van der Waals surface area contributed by atoms with Gasteiger partial charge in [0.1, 0.15) is 11.5 Å². The van der Waals surface area contributed by atoms with E-state index in [9.17, 15) is 9.59 Å². The van der Waals surface area contributed by atoms with E-state index in [1.807, 2.05) is 0 Å². The first kappa shape index (κ1) is 17.5. The Bertz CT molecular complexity index is 960. The summed E-state index contributed by atoms with van der Waals surface area (Å²) < 4.78 is 15.2. The van der Waals surface area contributed by atoms with Crippen molar-refractivity contribution >= 4 is 29.7 Å². The second-order valence-corrected chi connectivity index (χ2v) is 5.47. The Morgan fingerprint density at radius 1 is 1.23 bits per heavy atom. The normalized spacial score (nSPS) is 10.8. The maximum atomic E-state index is 11.7. The number of benzene rings is 1. The number of carbonyl (C=O) groups is 2. The van der Waals surface area contributed by atoms with Crippen molar-refractivity contribution in [3.8, 4) is 11.3 Å². The van der Waals surface area contributed by atoms with E-state index in [0.29, 0.717) is 17.1 Å². The van der Waals surface area contributed by atoms with Crippen molar-refractivity contribution < 1.29 is 23.2 Å². The van der Waals surface area contributed by atoms with Crippen LogP contribution in [0.4, 0.5) is 0 Å². The quantitative estimate of drug-likeness (QED) is 0.418. The highest BCUT2D eigenvalue weighted by atomic mass is 35.5. The molecule has 3 aromatic rings. The molecule has 1 amide bonds. The second kappa shape index (κ2) is 7.71. The van der Waals surface area contributed by atoms with Gasteiger partial charge in [-0.3, -0.25) is 4.79 Å². The Kier molecular flexibility index (Phi) is 5.19. The topological polar surface area (TPSA) is 94.0 Å². The molecule has 3 rings (SSSR count). The van der Waals surface area contributed by atoms with Crippen molar-refractivity contribution in [3.63, 3.8) is 0 Å². The molecule has 0 spiro atoms. The molecule has 26 heavy (non-hydrogen) atoms. The molecule has 8 heteroatoms. The zero-order valence-electron chi connectivity index (χ0n) is 13.6. The van der Waals surface area contributed by atoms with Gasteiger partial charge in [-0.1, -0.05) is 17.7 Å². The summed E-state index contributed by atoms with van der Waals surface area (Å²) in [5, 5.41) is 4.06. The Morgan fingerprint density at radius 2 is 2.08 bits per heavy atom. The van der Waals surface area contributed by atoms with E-state index < -0.39 is 11.9 Å². The zero-order chi connectivity index (χ0) is 18.5. The van der Waals surface area contributed by atoms with Gasteiger partial charge in [0, 0.05) is 5.56 Å². The molecule has 132 valence electrons. The number of nitrogens with one attached hydrogen (secondary N) is 1. The third-order valence-electron chi connectivity index (χ3n) is 3.39. The summed E-state index contributed by atoms with van der Waals surface area (Å²) in [6, 6.07) is 11.4. The van der Waals surface area contributed by atoms with Crippen LogP contribution < -0.4 is 5.43 Å². The van der Waals surface area contributed by atoms with Gasteiger partial charge in [0.2, 0.25) is 0 Å². The summed E-state index contributed by atoms with van der Waals surface area (Å²) in [6.45, 7) is 0. The van der Waals surface area contributed by atoms with Crippen LogP contribution in [0.25, 0.3) is 11.3 Å². The van der Waals surface area contributed by atoms with Crippen LogP contribution in [-0.4, -0.2) is 25.2 Å². The molecule has 0 radical (unpaired) electrons. The van der Waals surface area contributed by atoms with Crippen LogP contribution in [0.2, 0.25) is 5.02 Å². The molecule has 0 atom stereocenters. The number of ether oxygens (including phenoxy) is 1. The fourth-order valence-electron chi connectivity index (χ4n) is 2.14. The van der Waals surface area contributed by atoms with Gasteiger partial charge in [0.05, 0.1) is 30.2 Å². The van der Waals surface area contributed by atoms with Crippen LogP contribution in [0.1, 0.15) is 26.7 Å². The maximum Gasteiger partial charge on any atom is 0.339 e. The highest BCUT2D eigenvalue weighted by molar-refractivity contribution is 6.33. The molecule has 0 aliphatic heterocycles. The highest BCUT2D eigenvalue weighted by Crippen LogP contribution is 2.27. The molecule has 0 aliphatic rings. The monoisotopic (exact) mass is 372 g/mol. The first-order valence-corrected chi connectivity index (χ1v) is 7.81. The molecule has 0 fully saturated rings. The molecular weight excluding hydrogens is 360 g/mol. The lowest BCUT2D eigenvalue weighted by atomic mass is 10.1. The molecule has 0 aliphatic carbocycles. The van der Waals surface area contributed by atoms with Crippen LogP contribution in [0, 0.1) is 0 Å². The lowest BCUT2D eigenvalue weighted by Crippen LogP contribution is -2.16. The average molecular weight is 373 g/mol. The third kappa shape index (κ3) is 3.84. The summed E-state index contributed by atoms with van der Waals surface area (Å²) in [5.74, 6) is 0.127. The van der Waals surface area contributed by atoms with E-state index in [0.717, 1.165) is 0 Å². The number of rotatable bonds is 5. The van der Waals surface area contributed by atoms with Crippen molar-refractivity contribution in [2.45, 2.75) is 0 Å². The lowest BCUT2D eigenvalue weighted by Gasteiger charge is -2.04. The zero-order valence-corrected chi connectivity index (χ0v) is 14.3. The Morgan fingerprint density at radius 3 is 2.77 bits per heavy atom. The van der Waals surface area contributed by atoms with E-state index in [4.69, 9.17) is 20.4 Å². The Hall–Kier alpha value is -3.32. The predicted octanol–water partition coefficient (Wildman–Crippen LogP) is 3.74. The molecule has 0 saturated heterocycles. The fraction of sp³-hybridized carbons (Fsp3) is 0.0556. The molecule has 1 aromatic carbocycles. The van der Waals surface area contributed by atoms with Crippen molar-refractivity contribution in [3.05, 3.63) is 70.8 Å². The number of amides is 1. The standard InChI is InChI=1S/C18H13ClN2O5/c1-24-18(23)13-6-4-11(9-14(13)19)15-7-5-12(26-15)10-20-21-17(22)16-3-2-8-25-16/h2-10H,1H3,(H,21,22)/b20-10+. The third-order valence-corrected chi connectivity index (χ3v) is 3.70. The number of nitrogens with zero attached hydrogens (tertiary/aromatic N) is 1. The molecule has 0 unspecified atom stereocenters. The number of carbonyl (C=O) groups excluding carboxylic acids is 2. The largest absolute Gasteiger partial charge is 0.465 e. The number of hydrazone groups is 1. The molecule has 0 bridgehead atoms. The van der Waals surface area contributed by atoms with Crippen LogP contribution in [0.5, 0.6) is 0 Å². The number of furan rings is 2. The summed E-state index contributed by atoms with van der Waals surface area (Å²) in [6.07, 6.45) is 2.75. The Balaban J connectivity index is 1.69. The van der Waals surface area contributed by atoms with Gasteiger partial charge in [0.25, 0.3) is 0 Å². The van der Waals surface area contributed by atoms with Gasteiger partial charge in [-0.2, -0.15) is 5.10 Å². The molecule has 2 aromatic heterocycles. The minimum absolute atomic E-state index is 0.155. The van der Waals surface area contributed by atoms with Gasteiger partial charge in [-0.25, -0.2) is 10.2 Å². The fourth-order valence-corrected chi connectivity index (χ4v) is 2.40. The van der Waals surface area contributed by atoms with E-state index in [2.05, 4.69) is 15.3 Å². The molecule has 0 saturated carbocycles. The molecule has 7 nitrogen and oxygen atoms in total. The van der Waals surface area contributed by atoms with Crippen LogP contribution in [0.15, 0.2) is 62.7 Å². The van der Waals surface area contributed by atoms with E-state index in [1.54, 1.807) is 36.4 Å². The number of hydrogen-bond acceptors (Lipinski definition) is 6. The van der Waals surface area contributed by atoms with E-state index in [1.165, 1.54) is 25.7 Å². The minimum atomic E-state index is -0.513. The van der Waals surface area contributed by atoms with E-state index in [-0.39, 0.29) is 16.3 Å². The predicted molar refractivity (Wildman–Crippen MR) is 94.3 cm³/mol. The van der Waals surface area contributed by atoms with Crippen molar-refractivity contribution in [1.82, 2.24) is 5.43 Å².